The maximum absolute atomic E-state index is 12.0. The highest BCUT2D eigenvalue weighted by Gasteiger charge is 2.07. The van der Waals surface area contributed by atoms with Crippen LogP contribution in [0.3, 0.4) is 0 Å². The Kier molecular flexibility index (Phi) is 6.05. The summed E-state index contributed by atoms with van der Waals surface area (Å²) in [7, 11) is 0. The van der Waals surface area contributed by atoms with Gasteiger partial charge in [-0.3, -0.25) is 4.79 Å². The van der Waals surface area contributed by atoms with Crippen LogP contribution in [0.2, 0.25) is 0 Å². The standard InChI is InChI=1S/C22H23N3O2/c1-3-27-21-12-11-17-8-4-5-10-19(17)20(21)14-24-25-22(26)15-23-18-9-6-7-16(2)13-18/h4-14,23H,3,15H2,1-2H3,(H,25,26). The molecule has 2 N–H and O–H groups in total. The van der Waals surface area contributed by atoms with Crippen LogP contribution in [0.25, 0.3) is 10.8 Å². The first kappa shape index (κ1) is 18.5. The number of amides is 1. The molecule has 0 bridgehead atoms. The SMILES string of the molecule is CCOc1ccc2ccccc2c1C=NNC(=O)CNc1cccc(C)c1. The fourth-order valence-electron chi connectivity index (χ4n) is 2.84. The van der Waals surface area contributed by atoms with Crippen LogP contribution >= 0.6 is 0 Å². The number of ether oxygens (including phenoxy) is 1. The summed E-state index contributed by atoms with van der Waals surface area (Å²) in [6.45, 7) is 4.66. The molecule has 138 valence electrons. The number of fused-ring (bicyclic) bond motifs is 1. The lowest BCUT2D eigenvalue weighted by Crippen LogP contribution is -2.25. The summed E-state index contributed by atoms with van der Waals surface area (Å²) in [5, 5.41) is 9.32. The van der Waals surface area contributed by atoms with E-state index in [1.807, 2.05) is 74.5 Å². The summed E-state index contributed by atoms with van der Waals surface area (Å²) < 4.78 is 5.70. The number of benzene rings is 3. The molecule has 0 aromatic heterocycles. The first-order valence-corrected chi connectivity index (χ1v) is 8.94. The van der Waals surface area contributed by atoms with Crippen molar-refractivity contribution in [2.45, 2.75) is 13.8 Å². The van der Waals surface area contributed by atoms with Crippen molar-refractivity contribution in [2.24, 2.45) is 5.10 Å². The van der Waals surface area contributed by atoms with Gasteiger partial charge in [-0.2, -0.15) is 5.10 Å². The molecule has 0 radical (unpaired) electrons. The van der Waals surface area contributed by atoms with Crippen molar-refractivity contribution in [1.82, 2.24) is 5.43 Å². The molecule has 0 aliphatic heterocycles. The second-order valence-electron chi connectivity index (χ2n) is 6.15. The Balaban J connectivity index is 1.68. The van der Waals surface area contributed by atoms with Gasteiger partial charge < -0.3 is 10.1 Å². The Morgan fingerprint density at radius 2 is 1.96 bits per heavy atom. The smallest absolute Gasteiger partial charge is 0.259 e. The fraction of sp³-hybridized carbons (Fsp3) is 0.182. The highest BCUT2D eigenvalue weighted by atomic mass is 16.5. The summed E-state index contributed by atoms with van der Waals surface area (Å²) in [6, 6.07) is 19.8. The van der Waals surface area contributed by atoms with E-state index in [-0.39, 0.29) is 12.5 Å². The highest BCUT2D eigenvalue weighted by Crippen LogP contribution is 2.26. The van der Waals surface area contributed by atoms with Crippen LogP contribution in [0.4, 0.5) is 5.69 Å². The predicted molar refractivity (Wildman–Crippen MR) is 111 cm³/mol. The highest BCUT2D eigenvalue weighted by molar-refractivity contribution is 6.02. The molecule has 0 saturated heterocycles. The third-order valence-corrected chi connectivity index (χ3v) is 4.08. The van der Waals surface area contributed by atoms with Gasteiger partial charge in [-0.1, -0.05) is 42.5 Å². The van der Waals surface area contributed by atoms with Gasteiger partial charge in [0, 0.05) is 11.3 Å². The van der Waals surface area contributed by atoms with Gasteiger partial charge in [-0.05, 0) is 48.4 Å². The van der Waals surface area contributed by atoms with Gasteiger partial charge in [0.25, 0.3) is 5.91 Å². The molecule has 3 aromatic carbocycles. The zero-order valence-corrected chi connectivity index (χ0v) is 15.5. The minimum absolute atomic E-state index is 0.147. The van der Waals surface area contributed by atoms with E-state index in [2.05, 4.69) is 15.8 Å². The van der Waals surface area contributed by atoms with Crippen LogP contribution in [-0.2, 0) is 4.79 Å². The second-order valence-corrected chi connectivity index (χ2v) is 6.15. The lowest BCUT2D eigenvalue weighted by atomic mass is 10.0. The summed E-state index contributed by atoms with van der Waals surface area (Å²) in [4.78, 5) is 12.0. The van der Waals surface area contributed by atoms with E-state index in [4.69, 9.17) is 4.74 Å². The van der Waals surface area contributed by atoms with Crippen LogP contribution < -0.4 is 15.5 Å². The molecule has 3 aromatic rings. The van der Waals surface area contributed by atoms with E-state index >= 15 is 0 Å². The van der Waals surface area contributed by atoms with E-state index in [0.29, 0.717) is 6.61 Å². The molecule has 5 nitrogen and oxygen atoms in total. The van der Waals surface area contributed by atoms with Crippen molar-refractivity contribution in [3.8, 4) is 5.75 Å². The van der Waals surface area contributed by atoms with E-state index in [1.54, 1.807) is 6.21 Å². The van der Waals surface area contributed by atoms with Crippen molar-refractivity contribution < 1.29 is 9.53 Å². The normalized spacial score (nSPS) is 10.9. The molecule has 5 heteroatoms. The van der Waals surface area contributed by atoms with E-state index in [9.17, 15) is 4.79 Å². The summed E-state index contributed by atoms with van der Waals surface area (Å²) in [5.74, 6) is 0.526. The topological polar surface area (TPSA) is 62.7 Å². The lowest BCUT2D eigenvalue weighted by Gasteiger charge is -2.10. The zero-order valence-electron chi connectivity index (χ0n) is 15.5. The van der Waals surface area contributed by atoms with Crippen molar-refractivity contribution >= 4 is 28.6 Å². The third-order valence-electron chi connectivity index (χ3n) is 4.08. The van der Waals surface area contributed by atoms with Crippen LogP contribution in [0, 0.1) is 6.92 Å². The van der Waals surface area contributed by atoms with E-state index in [0.717, 1.165) is 33.3 Å². The molecule has 0 heterocycles. The average Bonchev–Trinajstić information content (AvgIpc) is 2.68. The molecule has 0 saturated carbocycles. The molecular formula is C22H23N3O2. The van der Waals surface area contributed by atoms with Crippen molar-refractivity contribution in [3.63, 3.8) is 0 Å². The van der Waals surface area contributed by atoms with E-state index < -0.39 is 0 Å². The van der Waals surface area contributed by atoms with Gasteiger partial charge in [-0.15, -0.1) is 0 Å². The molecule has 0 aliphatic rings. The van der Waals surface area contributed by atoms with Crippen LogP contribution in [0.15, 0.2) is 65.8 Å². The van der Waals surface area contributed by atoms with Crippen LogP contribution in [-0.4, -0.2) is 25.3 Å². The van der Waals surface area contributed by atoms with Gasteiger partial charge in [0.15, 0.2) is 0 Å². The lowest BCUT2D eigenvalue weighted by molar-refractivity contribution is -0.119. The van der Waals surface area contributed by atoms with Gasteiger partial charge in [0.1, 0.15) is 5.75 Å². The number of nitrogens with zero attached hydrogens (tertiary/aromatic N) is 1. The molecule has 0 aliphatic carbocycles. The summed E-state index contributed by atoms with van der Waals surface area (Å²) >= 11 is 0. The van der Waals surface area contributed by atoms with E-state index in [1.165, 1.54) is 0 Å². The monoisotopic (exact) mass is 361 g/mol. The Labute approximate surface area is 159 Å². The average molecular weight is 361 g/mol. The molecule has 27 heavy (non-hydrogen) atoms. The largest absolute Gasteiger partial charge is 0.493 e. The van der Waals surface area contributed by atoms with Crippen LogP contribution in [0.1, 0.15) is 18.1 Å². The maximum atomic E-state index is 12.0. The van der Waals surface area contributed by atoms with Crippen molar-refractivity contribution in [2.75, 3.05) is 18.5 Å². The minimum atomic E-state index is -0.217. The minimum Gasteiger partial charge on any atom is -0.493 e. The summed E-state index contributed by atoms with van der Waals surface area (Å²) in [6.07, 6.45) is 1.64. The van der Waals surface area contributed by atoms with Gasteiger partial charge >= 0.3 is 0 Å². The van der Waals surface area contributed by atoms with Gasteiger partial charge in [-0.25, -0.2) is 5.43 Å². The zero-order chi connectivity index (χ0) is 19.1. The second kappa shape index (κ2) is 8.85. The molecule has 0 fully saturated rings. The molecule has 0 spiro atoms. The number of nitrogens with one attached hydrogen (secondary N) is 2. The number of hydrazone groups is 1. The Morgan fingerprint density at radius 3 is 2.78 bits per heavy atom. The Morgan fingerprint density at radius 1 is 1.11 bits per heavy atom. The number of carbonyl (C=O) groups is 1. The number of rotatable bonds is 7. The van der Waals surface area contributed by atoms with Gasteiger partial charge in [0.2, 0.25) is 0 Å². The first-order chi connectivity index (χ1) is 13.2. The third kappa shape index (κ3) is 4.85. The number of carbonyl (C=O) groups excluding carboxylic acids is 1. The quantitative estimate of drug-likeness (QED) is 0.492. The fourth-order valence-corrected chi connectivity index (χ4v) is 2.84. The van der Waals surface area contributed by atoms with Crippen LogP contribution in [0.5, 0.6) is 5.75 Å². The number of hydrogen-bond acceptors (Lipinski definition) is 4. The first-order valence-electron chi connectivity index (χ1n) is 8.94. The van der Waals surface area contributed by atoms with Gasteiger partial charge in [0.05, 0.1) is 19.4 Å². The Hall–Kier alpha value is -3.34. The Bertz CT molecular complexity index is 967. The number of hydrogen-bond donors (Lipinski definition) is 2. The summed E-state index contributed by atoms with van der Waals surface area (Å²) in [5.41, 5.74) is 5.45. The maximum Gasteiger partial charge on any atom is 0.259 e. The predicted octanol–water partition coefficient (Wildman–Crippen LogP) is 4.11. The number of aryl methyl sites for hydroxylation is 1. The molecule has 3 rings (SSSR count). The molecule has 0 unspecified atom stereocenters. The molecular weight excluding hydrogens is 338 g/mol. The van der Waals surface area contributed by atoms with Crippen molar-refractivity contribution in [3.05, 3.63) is 71.8 Å². The molecule has 0 atom stereocenters. The van der Waals surface area contributed by atoms with Crippen molar-refractivity contribution in [1.29, 1.82) is 0 Å². The number of anilines is 1. The molecule has 1 amide bonds.